The molecule has 0 bridgehead atoms. The molecule has 6 nitrogen and oxygen atoms in total. The molecule has 7 heteroatoms. The van der Waals surface area contributed by atoms with Gasteiger partial charge in [-0.05, 0) is 18.2 Å². The summed E-state index contributed by atoms with van der Waals surface area (Å²) in [4.78, 5) is 18.8. The van der Waals surface area contributed by atoms with E-state index >= 15 is 0 Å². The maximum Gasteiger partial charge on any atom is 0.270 e. The molecule has 0 spiro atoms. The van der Waals surface area contributed by atoms with Crippen LogP contribution < -0.4 is 5.73 Å². The molecular formula is C14H9ClN4O2. The lowest BCUT2D eigenvalue weighted by molar-refractivity contribution is -0.384. The smallest absolute Gasteiger partial charge is 0.270 e. The molecule has 0 unspecified atom stereocenters. The number of nitrogens with zero attached hydrogens (tertiary/aromatic N) is 3. The Hall–Kier alpha value is -2.73. The lowest BCUT2D eigenvalue weighted by atomic mass is 10.1. The van der Waals surface area contributed by atoms with Crippen molar-refractivity contribution < 1.29 is 4.92 Å². The Balaban J connectivity index is 2.31. The minimum Gasteiger partial charge on any atom is -0.368 e. The molecule has 0 saturated heterocycles. The first-order valence-electron chi connectivity index (χ1n) is 6.02. The number of nitrogen functional groups attached to an aromatic ring is 1. The van der Waals surface area contributed by atoms with Crippen LogP contribution >= 0.6 is 11.6 Å². The highest BCUT2D eigenvalue weighted by atomic mass is 35.5. The minimum atomic E-state index is -0.455. The lowest BCUT2D eigenvalue weighted by Gasteiger charge is -2.07. The molecule has 1 heterocycles. The number of benzene rings is 2. The van der Waals surface area contributed by atoms with Gasteiger partial charge in [0.25, 0.3) is 5.69 Å². The molecule has 0 aliphatic rings. The summed E-state index contributed by atoms with van der Waals surface area (Å²) in [6.45, 7) is 0. The number of anilines is 1. The molecule has 0 amide bonds. The zero-order chi connectivity index (χ0) is 15.0. The van der Waals surface area contributed by atoms with Gasteiger partial charge >= 0.3 is 0 Å². The Morgan fingerprint density at radius 3 is 2.71 bits per heavy atom. The standard InChI is InChI=1S/C14H9ClN4O2/c15-9-4-5-12-11(7-9)13(18-14(16)17-12)8-2-1-3-10(6-8)19(20)21/h1-7H,(H2,16,17,18). The Morgan fingerprint density at radius 1 is 1.14 bits per heavy atom. The van der Waals surface area contributed by atoms with Crippen molar-refractivity contribution in [1.82, 2.24) is 9.97 Å². The fourth-order valence-corrected chi connectivity index (χ4v) is 2.28. The van der Waals surface area contributed by atoms with Crippen molar-refractivity contribution in [2.24, 2.45) is 0 Å². The van der Waals surface area contributed by atoms with Crippen molar-refractivity contribution >= 4 is 34.1 Å². The van der Waals surface area contributed by atoms with Crippen LogP contribution in [-0.2, 0) is 0 Å². The number of rotatable bonds is 2. The molecule has 3 rings (SSSR count). The molecule has 2 N–H and O–H groups in total. The number of nitro groups is 1. The molecule has 104 valence electrons. The van der Waals surface area contributed by atoms with Gasteiger partial charge in [0.1, 0.15) is 0 Å². The fraction of sp³-hybridized carbons (Fsp3) is 0. The van der Waals surface area contributed by atoms with E-state index in [2.05, 4.69) is 9.97 Å². The van der Waals surface area contributed by atoms with Gasteiger partial charge in [-0.2, -0.15) is 0 Å². The third-order valence-corrected chi connectivity index (χ3v) is 3.24. The maximum absolute atomic E-state index is 10.9. The van der Waals surface area contributed by atoms with E-state index in [1.807, 2.05) is 0 Å². The first-order chi connectivity index (χ1) is 10.0. The maximum atomic E-state index is 10.9. The first-order valence-corrected chi connectivity index (χ1v) is 6.40. The summed E-state index contributed by atoms with van der Waals surface area (Å²) in [5.41, 5.74) is 7.43. The number of fused-ring (bicyclic) bond motifs is 1. The van der Waals surface area contributed by atoms with Gasteiger partial charge in [-0.15, -0.1) is 0 Å². The molecule has 21 heavy (non-hydrogen) atoms. The van der Waals surface area contributed by atoms with Crippen LogP contribution in [0.4, 0.5) is 11.6 Å². The molecule has 1 aromatic heterocycles. The largest absolute Gasteiger partial charge is 0.368 e. The van der Waals surface area contributed by atoms with Gasteiger partial charge < -0.3 is 5.73 Å². The van der Waals surface area contributed by atoms with Crippen molar-refractivity contribution in [1.29, 1.82) is 0 Å². The lowest BCUT2D eigenvalue weighted by Crippen LogP contribution is -1.98. The zero-order valence-electron chi connectivity index (χ0n) is 10.7. The zero-order valence-corrected chi connectivity index (χ0v) is 11.4. The summed E-state index contributed by atoms with van der Waals surface area (Å²) in [6, 6.07) is 11.3. The number of hydrogen-bond donors (Lipinski definition) is 1. The second kappa shape index (κ2) is 4.99. The minimum absolute atomic E-state index is 0.0140. The van der Waals surface area contributed by atoms with Crippen molar-refractivity contribution in [3.05, 3.63) is 57.6 Å². The van der Waals surface area contributed by atoms with Crippen molar-refractivity contribution in [2.45, 2.75) is 0 Å². The van der Waals surface area contributed by atoms with Gasteiger partial charge in [-0.25, -0.2) is 9.97 Å². The third kappa shape index (κ3) is 2.48. The second-order valence-electron chi connectivity index (χ2n) is 4.40. The molecule has 0 atom stereocenters. The Bertz CT molecular complexity index is 867. The van der Waals surface area contributed by atoms with Crippen LogP contribution in [0, 0.1) is 10.1 Å². The fourth-order valence-electron chi connectivity index (χ4n) is 2.11. The highest BCUT2D eigenvalue weighted by molar-refractivity contribution is 6.31. The summed E-state index contributed by atoms with van der Waals surface area (Å²) >= 11 is 6.00. The van der Waals surface area contributed by atoms with Gasteiger partial charge in [0.05, 0.1) is 16.1 Å². The van der Waals surface area contributed by atoms with Crippen LogP contribution in [0.15, 0.2) is 42.5 Å². The van der Waals surface area contributed by atoms with Crippen LogP contribution in [0.3, 0.4) is 0 Å². The van der Waals surface area contributed by atoms with Crippen LogP contribution in [0.25, 0.3) is 22.2 Å². The number of non-ortho nitro benzene ring substituents is 1. The van der Waals surface area contributed by atoms with E-state index in [-0.39, 0.29) is 11.6 Å². The number of nitro benzene ring substituents is 1. The summed E-state index contributed by atoms with van der Waals surface area (Å²) in [6.07, 6.45) is 0. The third-order valence-electron chi connectivity index (χ3n) is 3.01. The molecule has 0 aliphatic carbocycles. The van der Waals surface area contributed by atoms with E-state index in [4.69, 9.17) is 17.3 Å². The topological polar surface area (TPSA) is 94.9 Å². The van der Waals surface area contributed by atoms with E-state index < -0.39 is 4.92 Å². The summed E-state index contributed by atoms with van der Waals surface area (Å²) in [7, 11) is 0. The Kier molecular flexibility index (Phi) is 3.15. The highest BCUT2D eigenvalue weighted by Crippen LogP contribution is 2.30. The van der Waals surface area contributed by atoms with Gasteiger partial charge in [0, 0.05) is 28.1 Å². The monoisotopic (exact) mass is 300 g/mol. The van der Waals surface area contributed by atoms with Crippen molar-refractivity contribution in [2.75, 3.05) is 5.73 Å². The highest BCUT2D eigenvalue weighted by Gasteiger charge is 2.12. The van der Waals surface area contributed by atoms with Crippen molar-refractivity contribution in [3.63, 3.8) is 0 Å². The summed E-state index contributed by atoms with van der Waals surface area (Å²) in [5.74, 6) is 0.103. The average Bonchev–Trinajstić information content (AvgIpc) is 2.47. The van der Waals surface area contributed by atoms with Gasteiger partial charge in [0.15, 0.2) is 0 Å². The van der Waals surface area contributed by atoms with E-state index in [0.717, 1.165) is 0 Å². The normalized spacial score (nSPS) is 10.7. The van der Waals surface area contributed by atoms with Gasteiger partial charge in [-0.3, -0.25) is 10.1 Å². The molecule has 2 aromatic carbocycles. The average molecular weight is 301 g/mol. The van der Waals surface area contributed by atoms with Crippen LogP contribution in [0.2, 0.25) is 5.02 Å². The van der Waals surface area contributed by atoms with Crippen LogP contribution in [-0.4, -0.2) is 14.9 Å². The van der Waals surface area contributed by atoms with Gasteiger partial charge in [0.2, 0.25) is 5.95 Å². The van der Waals surface area contributed by atoms with E-state index in [0.29, 0.717) is 27.2 Å². The van der Waals surface area contributed by atoms with E-state index in [9.17, 15) is 10.1 Å². The summed E-state index contributed by atoms with van der Waals surface area (Å²) in [5, 5.41) is 12.1. The Morgan fingerprint density at radius 2 is 1.95 bits per heavy atom. The number of halogens is 1. The predicted molar refractivity (Wildman–Crippen MR) is 81.1 cm³/mol. The van der Waals surface area contributed by atoms with Crippen LogP contribution in [0.5, 0.6) is 0 Å². The van der Waals surface area contributed by atoms with Gasteiger partial charge in [-0.1, -0.05) is 23.7 Å². The number of nitrogens with two attached hydrogens (primary N) is 1. The quantitative estimate of drug-likeness (QED) is 0.578. The van der Waals surface area contributed by atoms with E-state index in [1.54, 1.807) is 30.3 Å². The second-order valence-corrected chi connectivity index (χ2v) is 4.84. The SMILES string of the molecule is Nc1nc(-c2cccc([N+](=O)[O-])c2)c2cc(Cl)ccc2n1. The summed E-state index contributed by atoms with van der Waals surface area (Å²) < 4.78 is 0. The molecule has 0 aliphatic heterocycles. The molecule has 0 saturated carbocycles. The van der Waals surface area contributed by atoms with Crippen molar-refractivity contribution in [3.8, 4) is 11.3 Å². The molecule has 0 radical (unpaired) electrons. The molecule has 3 aromatic rings. The Labute approximate surface area is 124 Å². The first kappa shape index (κ1) is 13.3. The van der Waals surface area contributed by atoms with Crippen LogP contribution in [0.1, 0.15) is 0 Å². The number of aromatic nitrogens is 2. The predicted octanol–water partition coefficient (Wildman–Crippen LogP) is 3.44. The molecular weight excluding hydrogens is 292 g/mol. The van der Waals surface area contributed by atoms with E-state index in [1.165, 1.54) is 12.1 Å². The number of hydrogen-bond acceptors (Lipinski definition) is 5. The molecule has 0 fully saturated rings.